The van der Waals surface area contributed by atoms with Gasteiger partial charge in [-0.2, -0.15) is 0 Å². The predicted octanol–water partition coefficient (Wildman–Crippen LogP) is 1.48. The highest BCUT2D eigenvalue weighted by Crippen LogP contribution is 2.32. The molecule has 26 heavy (non-hydrogen) atoms. The Morgan fingerprint density at radius 3 is 2.58 bits per heavy atom. The molecule has 0 aromatic heterocycles. The molecule has 2 aromatic rings. The van der Waals surface area contributed by atoms with Gasteiger partial charge < -0.3 is 25.2 Å². The first-order chi connectivity index (χ1) is 12.6. The Balaban J connectivity index is 1.58. The number of hydrogen-bond acceptors (Lipinski definition) is 5. The third kappa shape index (κ3) is 4.25. The Labute approximate surface area is 154 Å². The highest BCUT2D eigenvalue weighted by molar-refractivity contribution is 6.30. The van der Waals surface area contributed by atoms with E-state index < -0.39 is 24.5 Å². The summed E-state index contributed by atoms with van der Waals surface area (Å²) >= 11 is 5.81. The quantitative estimate of drug-likeness (QED) is 0.709. The lowest BCUT2D eigenvalue weighted by Crippen LogP contribution is -2.48. The van der Waals surface area contributed by atoms with E-state index >= 15 is 0 Å². The van der Waals surface area contributed by atoms with E-state index in [9.17, 15) is 14.7 Å². The second kappa shape index (κ2) is 8.07. The zero-order chi connectivity index (χ0) is 18.5. The molecule has 1 atom stereocenters. The van der Waals surface area contributed by atoms with Crippen LogP contribution in [0, 0.1) is 0 Å². The number of aliphatic hydroxyl groups excluding tert-OH is 1. The summed E-state index contributed by atoms with van der Waals surface area (Å²) in [7, 11) is 0. The van der Waals surface area contributed by atoms with Crippen molar-refractivity contribution < 1.29 is 24.2 Å². The number of amides is 2. The van der Waals surface area contributed by atoms with Gasteiger partial charge in [-0.15, -0.1) is 0 Å². The van der Waals surface area contributed by atoms with Gasteiger partial charge in [0.25, 0.3) is 5.91 Å². The van der Waals surface area contributed by atoms with Crippen molar-refractivity contribution in [2.24, 2.45) is 0 Å². The summed E-state index contributed by atoms with van der Waals surface area (Å²) in [6, 6.07) is 10.6. The van der Waals surface area contributed by atoms with Crippen LogP contribution in [0.5, 0.6) is 11.5 Å². The Hall–Kier alpha value is -2.77. The molecule has 2 amide bonds. The van der Waals surface area contributed by atoms with E-state index in [-0.39, 0.29) is 13.3 Å². The fourth-order valence-corrected chi connectivity index (χ4v) is 2.51. The van der Waals surface area contributed by atoms with Crippen LogP contribution in [-0.4, -0.2) is 36.4 Å². The van der Waals surface area contributed by atoms with Gasteiger partial charge in [0.2, 0.25) is 12.7 Å². The highest BCUT2D eigenvalue weighted by atomic mass is 35.5. The Bertz CT molecular complexity index is 810. The molecular formula is C18H17ClN2O5. The van der Waals surface area contributed by atoms with Crippen LogP contribution in [0.3, 0.4) is 0 Å². The molecule has 3 N–H and O–H groups in total. The summed E-state index contributed by atoms with van der Waals surface area (Å²) in [6.45, 7) is -0.165. The van der Waals surface area contributed by atoms with Gasteiger partial charge in [0.05, 0.1) is 6.61 Å². The van der Waals surface area contributed by atoms with Crippen LogP contribution in [0.1, 0.15) is 15.9 Å². The lowest BCUT2D eigenvalue weighted by molar-refractivity contribution is -0.124. The van der Waals surface area contributed by atoms with E-state index in [2.05, 4.69) is 10.6 Å². The molecule has 136 valence electrons. The van der Waals surface area contributed by atoms with E-state index in [1.54, 1.807) is 36.4 Å². The first-order valence-electron chi connectivity index (χ1n) is 7.90. The van der Waals surface area contributed by atoms with Crippen molar-refractivity contribution in [1.82, 2.24) is 10.6 Å². The summed E-state index contributed by atoms with van der Waals surface area (Å²) in [5.74, 6) is 0.0342. The Morgan fingerprint density at radius 2 is 1.85 bits per heavy atom. The first-order valence-corrected chi connectivity index (χ1v) is 8.28. The number of nitrogens with one attached hydrogen (secondary N) is 2. The van der Waals surface area contributed by atoms with Crippen molar-refractivity contribution in [3.8, 4) is 11.5 Å². The van der Waals surface area contributed by atoms with Gasteiger partial charge >= 0.3 is 0 Å². The van der Waals surface area contributed by atoms with Crippen LogP contribution in [0.2, 0.25) is 5.02 Å². The minimum absolute atomic E-state index is 0.104. The van der Waals surface area contributed by atoms with Crippen LogP contribution in [0.25, 0.3) is 0 Å². The van der Waals surface area contributed by atoms with Crippen LogP contribution in [0.15, 0.2) is 42.5 Å². The standard InChI is InChI=1S/C18H17ClN2O5/c19-13-4-1-11(2-5-13)8-20-18(24)14(9-22)21-17(23)12-3-6-15-16(7-12)26-10-25-15/h1-7,14,22H,8-10H2,(H,20,24)(H,21,23). The maximum absolute atomic E-state index is 12.3. The third-order valence-electron chi connectivity index (χ3n) is 3.82. The maximum Gasteiger partial charge on any atom is 0.252 e. The lowest BCUT2D eigenvalue weighted by Gasteiger charge is -2.16. The summed E-state index contributed by atoms with van der Waals surface area (Å²) in [5, 5.41) is 15.2. The fourth-order valence-electron chi connectivity index (χ4n) is 2.39. The van der Waals surface area contributed by atoms with Gasteiger partial charge in [0.1, 0.15) is 6.04 Å². The molecule has 0 bridgehead atoms. The van der Waals surface area contributed by atoms with E-state index in [4.69, 9.17) is 21.1 Å². The summed E-state index contributed by atoms with van der Waals surface area (Å²) in [5.41, 5.74) is 1.15. The summed E-state index contributed by atoms with van der Waals surface area (Å²) in [4.78, 5) is 24.5. The monoisotopic (exact) mass is 376 g/mol. The average Bonchev–Trinajstić information content (AvgIpc) is 3.13. The SMILES string of the molecule is O=C(NC(CO)C(=O)NCc1ccc(Cl)cc1)c1ccc2c(c1)OCO2. The van der Waals surface area contributed by atoms with Gasteiger partial charge in [-0.25, -0.2) is 0 Å². The van der Waals surface area contributed by atoms with Gasteiger partial charge in [-0.05, 0) is 35.9 Å². The number of fused-ring (bicyclic) bond motifs is 1. The number of ether oxygens (including phenoxy) is 2. The number of benzene rings is 2. The van der Waals surface area contributed by atoms with E-state index in [1.165, 1.54) is 6.07 Å². The number of halogens is 1. The number of hydrogen-bond donors (Lipinski definition) is 3. The molecule has 0 fully saturated rings. The third-order valence-corrected chi connectivity index (χ3v) is 4.07. The average molecular weight is 377 g/mol. The first kappa shape index (κ1) is 18.0. The van der Waals surface area contributed by atoms with Crippen molar-refractivity contribution in [2.75, 3.05) is 13.4 Å². The molecule has 0 saturated heterocycles. The number of carbonyl (C=O) groups excluding carboxylic acids is 2. The zero-order valence-electron chi connectivity index (χ0n) is 13.7. The van der Waals surface area contributed by atoms with E-state index in [0.29, 0.717) is 22.1 Å². The molecule has 0 aliphatic carbocycles. The molecule has 1 unspecified atom stereocenters. The largest absolute Gasteiger partial charge is 0.454 e. The molecule has 1 aliphatic heterocycles. The van der Waals surface area contributed by atoms with Crippen molar-refractivity contribution in [2.45, 2.75) is 12.6 Å². The van der Waals surface area contributed by atoms with Crippen molar-refractivity contribution in [3.05, 3.63) is 58.6 Å². The molecule has 2 aromatic carbocycles. The molecule has 8 heteroatoms. The maximum atomic E-state index is 12.3. The Kier molecular flexibility index (Phi) is 5.60. The molecular weight excluding hydrogens is 360 g/mol. The fraction of sp³-hybridized carbons (Fsp3) is 0.222. The van der Waals surface area contributed by atoms with Crippen LogP contribution < -0.4 is 20.1 Å². The molecule has 1 heterocycles. The second-order valence-corrected chi connectivity index (χ2v) is 6.06. The Morgan fingerprint density at radius 1 is 1.12 bits per heavy atom. The number of rotatable bonds is 6. The zero-order valence-corrected chi connectivity index (χ0v) is 14.5. The summed E-state index contributed by atoms with van der Waals surface area (Å²) in [6.07, 6.45) is 0. The summed E-state index contributed by atoms with van der Waals surface area (Å²) < 4.78 is 10.4. The van der Waals surface area contributed by atoms with Crippen molar-refractivity contribution >= 4 is 23.4 Å². The van der Waals surface area contributed by atoms with E-state index in [1.807, 2.05) is 0 Å². The van der Waals surface area contributed by atoms with Gasteiger partial charge in [0.15, 0.2) is 11.5 Å². The smallest absolute Gasteiger partial charge is 0.252 e. The second-order valence-electron chi connectivity index (χ2n) is 5.62. The van der Waals surface area contributed by atoms with Crippen LogP contribution in [0.4, 0.5) is 0 Å². The number of aliphatic hydroxyl groups is 1. The topological polar surface area (TPSA) is 96.9 Å². The molecule has 3 rings (SSSR count). The van der Waals surface area contributed by atoms with Crippen LogP contribution >= 0.6 is 11.6 Å². The highest BCUT2D eigenvalue weighted by Gasteiger charge is 2.22. The lowest BCUT2D eigenvalue weighted by atomic mass is 10.1. The normalized spacial score (nSPS) is 13.2. The van der Waals surface area contributed by atoms with Gasteiger partial charge in [0, 0.05) is 17.1 Å². The van der Waals surface area contributed by atoms with Crippen molar-refractivity contribution in [3.63, 3.8) is 0 Å². The minimum Gasteiger partial charge on any atom is -0.454 e. The van der Waals surface area contributed by atoms with Gasteiger partial charge in [-0.1, -0.05) is 23.7 Å². The van der Waals surface area contributed by atoms with Crippen molar-refractivity contribution in [1.29, 1.82) is 0 Å². The molecule has 0 saturated carbocycles. The minimum atomic E-state index is -1.07. The van der Waals surface area contributed by atoms with E-state index in [0.717, 1.165) is 5.56 Å². The molecule has 0 spiro atoms. The number of carbonyl (C=O) groups is 2. The molecule has 1 aliphatic rings. The molecule has 0 radical (unpaired) electrons. The predicted molar refractivity (Wildman–Crippen MR) is 94.2 cm³/mol. The van der Waals surface area contributed by atoms with Gasteiger partial charge in [-0.3, -0.25) is 9.59 Å². The molecule has 7 nitrogen and oxygen atoms in total. The van der Waals surface area contributed by atoms with Crippen LogP contribution in [-0.2, 0) is 11.3 Å².